The molecule has 0 saturated carbocycles. The molecular formula is C15H22N4O3. The lowest BCUT2D eigenvalue weighted by molar-refractivity contribution is 0.0708. The van der Waals surface area contributed by atoms with Crippen LogP contribution in [0.2, 0.25) is 0 Å². The zero-order valence-corrected chi connectivity index (χ0v) is 12.7. The van der Waals surface area contributed by atoms with Crippen LogP contribution in [0.4, 0.5) is 4.79 Å². The van der Waals surface area contributed by atoms with E-state index in [1.165, 1.54) is 0 Å². The summed E-state index contributed by atoms with van der Waals surface area (Å²) in [5, 5.41) is 5.65. The highest BCUT2D eigenvalue weighted by Gasteiger charge is 2.24. The number of carbonyl (C=O) groups is 2. The van der Waals surface area contributed by atoms with Crippen LogP contribution >= 0.6 is 0 Å². The highest BCUT2D eigenvalue weighted by molar-refractivity contribution is 5.94. The van der Waals surface area contributed by atoms with E-state index in [-0.39, 0.29) is 18.0 Å². The van der Waals surface area contributed by atoms with Crippen molar-refractivity contribution in [3.05, 3.63) is 30.1 Å². The van der Waals surface area contributed by atoms with Crippen LogP contribution in [0.1, 0.15) is 23.2 Å². The van der Waals surface area contributed by atoms with Gasteiger partial charge in [-0.1, -0.05) is 0 Å². The van der Waals surface area contributed by atoms with Crippen LogP contribution in [0.3, 0.4) is 0 Å². The van der Waals surface area contributed by atoms with Crippen molar-refractivity contribution in [2.45, 2.75) is 18.9 Å². The van der Waals surface area contributed by atoms with Gasteiger partial charge in [0.15, 0.2) is 0 Å². The second-order valence-electron chi connectivity index (χ2n) is 5.20. The Labute approximate surface area is 130 Å². The number of likely N-dealkylation sites (tertiary alicyclic amines) is 1. The van der Waals surface area contributed by atoms with E-state index in [1.807, 2.05) is 4.90 Å². The molecule has 0 bridgehead atoms. The van der Waals surface area contributed by atoms with Crippen molar-refractivity contribution in [1.29, 1.82) is 0 Å². The lowest BCUT2D eigenvalue weighted by atomic mass is 10.0. The van der Waals surface area contributed by atoms with E-state index in [1.54, 1.807) is 31.6 Å². The van der Waals surface area contributed by atoms with Crippen LogP contribution in [-0.4, -0.2) is 61.2 Å². The zero-order valence-electron chi connectivity index (χ0n) is 12.7. The molecule has 0 aliphatic carbocycles. The average Bonchev–Trinajstić information content (AvgIpc) is 2.56. The lowest BCUT2D eigenvalue weighted by Crippen LogP contribution is -2.49. The molecule has 2 rings (SSSR count). The maximum atomic E-state index is 12.3. The summed E-state index contributed by atoms with van der Waals surface area (Å²) in [6, 6.07) is 3.35. The smallest absolute Gasteiger partial charge is 0.315 e. The van der Waals surface area contributed by atoms with Crippen molar-refractivity contribution in [3.8, 4) is 0 Å². The van der Waals surface area contributed by atoms with Gasteiger partial charge in [-0.3, -0.25) is 9.78 Å². The molecule has 1 saturated heterocycles. The quantitative estimate of drug-likeness (QED) is 0.782. The molecule has 120 valence electrons. The molecule has 7 nitrogen and oxygen atoms in total. The molecular weight excluding hydrogens is 284 g/mol. The van der Waals surface area contributed by atoms with Crippen LogP contribution in [0.25, 0.3) is 0 Å². The first kappa shape index (κ1) is 16.2. The molecule has 3 amide bonds. The normalized spacial score (nSPS) is 15.4. The second-order valence-corrected chi connectivity index (χ2v) is 5.20. The number of aromatic nitrogens is 1. The Bertz CT molecular complexity index is 487. The summed E-state index contributed by atoms with van der Waals surface area (Å²) in [7, 11) is 1.59. The maximum Gasteiger partial charge on any atom is 0.315 e. The molecule has 2 N–H and O–H groups in total. The van der Waals surface area contributed by atoms with Crippen LogP contribution < -0.4 is 10.6 Å². The predicted molar refractivity (Wildman–Crippen MR) is 81.6 cm³/mol. The van der Waals surface area contributed by atoms with Crippen LogP contribution in [0, 0.1) is 0 Å². The standard InChI is InChI=1S/C15H22N4O3/c1-22-11-8-17-15(21)18-13-4-9-19(10-5-13)14(20)12-2-6-16-7-3-12/h2-3,6-7,13H,4-5,8-11H2,1H3,(H2,17,18,21). The first-order chi connectivity index (χ1) is 10.7. The number of nitrogens with zero attached hydrogens (tertiary/aromatic N) is 2. The third-order valence-electron chi connectivity index (χ3n) is 3.64. The highest BCUT2D eigenvalue weighted by Crippen LogP contribution is 2.13. The number of amides is 3. The topological polar surface area (TPSA) is 83.6 Å². The Hall–Kier alpha value is -2.15. The Kier molecular flexibility index (Phi) is 6.14. The number of piperidine rings is 1. The molecule has 0 unspecified atom stereocenters. The Morgan fingerprint density at radius 1 is 1.32 bits per heavy atom. The maximum absolute atomic E-state index is 12.3. The SMILES string of the molecule is COCCNC(=O)NC1CCN(C(=O)c2ccncc2)CC1. The van der Waals surface area contributed by atoms with E-state index in [2.05, 4.69) is 15.6 Å². The van der Waals surface area contributed by atoms with Crippen LogP contribution in [0.15, 0.2) is 24.5 Å². The monoisotopic (exact) mass is 306 g/mol. The molecule has 0 aromatic carbocycles. The highest BCUT2D eigenvalue weighted by atomic mass is 16.5. The molecule has 1 fully saturated rings. The van der Waals surface area contributed by atoms with E-state index < -0.39 is 0 Å². The Morgan fingerprint density at radius 2 is 2.00 bits per heavy atom. The number of rotatable bonds is 5. The summed E-state index contributed by atoms with van der Waals surface area (Å²) in [4.78, 5) is 29.7. The first-order valence-electron chi connectivity index (χ1n) is 7.43. The number of urea groups is 1. The molecule has 1 aromatic heterocycles. The minimum Gasteiger partial charge on any atom is -0.383 e. The molecule has 0 atom stereocenters. The summed E-state index contributed by atoms with van der Waals surface area (Å²) < 4.78 is 4.87. The van der Waals surface area contributed by atoms with Gasteiger partial charge in [0.2, 0.25) is 0 Å². The number of hydrogen-bond acceptors (Lipinski definition) is 4. The molecule has 0 spiro atoms. The third kappa shape index (κ3) is 4.70. The molecule has 7 heteroatoms. The van der Waals surface area contributed by atoms with Gasteiger partial charge in [-0.15, -0.1) is 0 Å². The van der Waals surface area contributed by atoms with Crippen molar-refractivity contribution < 1.29 is 14.3 Å². The number of carbonyl (C=O) groups excluding carboxylic acids is 2. The van der Waals surface area contributed by atoms with Crippen molar-refractivity contribution in [2.75, 3.05) is 33.4 Å². The third-order valence-corrected chi connectivity index (χ3v) is 3.64. The van der Waals surface area contributed by atoms with Gasteiger partial charge < -0.3 is 20.3 Å². The lowest BCUT2D eigenvalue weighted by Gasteiger charge is -2.32. The number of pyridine rings is 1. The number of hydrogen-bond donors (Lipinski definition) is 2. The minimum atomic E-state index is -0.184. The van der Waals surface area contributed by atoms with Gasteiger partial charge in [-0.25, -0.2) is 4.79 Å². The summed E-state index contributed by atoms with van der Waals surface area (Å²) in [6.45, 7) is 2.27. The van der Waals surface area contributed by atoms with E-state index in [9.17, 15) is 9.59 Å². The predicted octanol–water partition coefficient (Wildman–Crippen LogP) is 0.632. The molecule has 1 aliphatic rings. The van der Waals surface area contributed by atoms with Gasteiger partial charge in [0.25, 0.3) is 5.91 Å². The Morgan fingerprint density at radius 3 is 2.64 bits per heavy atom. The Balaban J connectivity index is 1.74. The van der Waals surface area contributed by atoms with Crippen molar-refractivity contribution in [1.82, 2.24) is 20.5 Å². The fraction of sp³-hybridized carbons (Fsp3) is 0.533. The van der Waals surface area contributed by atoms with Gasteiger partial charge in [-0.05, 0) is 25.0 Å². The van der Waals surface area contributed by atoms with Gasteiger partial charge in [0.1, 0.15) is 0 Å². The van der Waals surface area contributed by atoms with Gasteiger partial charge >= 0.3 is 6.03 Å². The van der Waals surface area contributed by atoms with E-state index in [4.69, 9.17) is 4.74 Å². The van der Waals surface area contributed by atoms with Gasteiger partial charge in [0.05, 0.1) is 6.61 Å². The van der Waals surface area contributed by atoms with Crippen molar-refractivity contribution >= 4 is 11.9 Å². The summed E-state index contributed by atoms with van der Waals surface area (Å²) >= 11 is 0. The van der Waals surface area contributed by atoms with Crippen molar-refractivity contribution in [2.24, 2.45) is 0 Å². The van der Waals surface area contributed by atoms with E-state index >= 15 is 0 Å². The summed E-state index contributed by atoms with van der Waals surface area (Å²) in [6.07, 6.45) is 4.75. The van der Waals surface area contributed by atoms with Gasteiger partial charge in [-0.2, -0.15) is 0 Å². The second kappa shape index (κ2) is 8.33. The largest absolute Gasteiger partial charge is 0.383 e. The van der Waals surface area contributed by atoms with Crippen LogP contribution in [-0.2, 0) is 4.74 Å². The average molecular weight is 306 g/mol. The molecule has 22 heavy (non-hydrogen) atoms. The minimum absolute atomic E-state index is 0.0189. The molecule has 1 aromatic rings. The first-order valence-corrected chi connectivity index (χ1v) is 7.43. The number of ether oxygens (including phenoxy) is 1. The molecule has 0 radical (unpaired) electrons. The fourth-order valence-corrected chi connectivity index (χ4v) is 2.41. The van der Waals surface area contributed by atoms with Gasteiger partial charge in [0, 0.05) is 50.7 Å². The molecule has 2 heterocycles. The van der Waals surface area contributed by atoms with Crippen LogP contribution in [0.5, 0.6) is 0 Å². The number of nitrogens with one attached hydrogen (secondary N) is 2. The molecule has 1 aliphatic heterocycles. The van der Waals surface area contributed by atoms with Crippen molar-refractivity contribution in [3.63, 3.8) is 0 Å². The summed E-state index contributed by atoms with van der Waals surface area (Å²) in [5.41, 5.74) is 0.652. The van der Waals surface area contributed by atoms with E-state index in [0.29, 0.717) is 31.8 Å². The fourth-order valence-electron chi connectivity index (χ4n) is 2.41. The zero-order chi connectivity index (χ0) is 15.8. The van der Waals surface area contributed by atoms with E-state index in [0.717, 1.165) is 12.8 Å². The summed E-state index contributed by atoms with van der Waals surface area (Å²) in [5.74, 6) is 0.0189. The number of methoxy groups -OCH3 is 1.